The van der Waals surface area contributed by atoms with Crippen LogP contribution in [0.1, 0.15) is 0 Å². The summed E-state index contributed by atoms with van der Waals surface area (Å²) in [6.07, 6.45) is 1.32. The molecule has 0 amide bonds. The quantitative estimate of drug-likeness (QED) is 0.603. The van der Waals surface area contributed by atoms with Gasteiger partial charge < -0.3 is 14.8 Å². The van der Waals surface area contributed by atoms with E-state index in [1.165, 1.54) is 18.3 Å². The molecule has 7 heteroatoms. The standard InChI is InChI=1S/C10H13N3O4/c14-13(15)8-1-2-12-10(5-8)17-7-9-6-11-3-4-16-9/h1-2,5,9,11H,3-4,6-7H2. The van der Waals surface area contributed by atoms with E-state index in [1.807, 2.05) is 0 Å². The summed E-state index contributed by atoms with van der Waals surface area (Å²) in [6, 6.07) is 2.63. The van der Waals surface area contributed by atoms with Gasteiger partial charge in [0.1, 0.15) is 12.7 Å². The zero-order chi connectivity index (χ0) is 12.1. The summed E-state index contributed by atoms with van der Waals surface area (Å²) in [5.74, 6) is 0.244. The Morgan fingerprint density at radius 2 is 2.59 bits per heavy atom. The van der Waals surface area contributed by atoms with Crippen LogP contribution in [0.5, 0.6) is 5.88 Å². The van der Waals surface area contributed by atoms with Gasteiger partial charge in [0.15, 0.2) is 0 Å². The monoisotopic (exact) mass is 239 g/mol. The average Bonchev–Trinajstić information content (AvgIpc) is 2.38. The predicted octanol–water partition coefficient (Wildman–Crippen LogP) is 0.357. The van der Waals surface area contributed by atoms with Crippen molar-refractivity contribution < 1.29 is 14.4 Å². The van der Waals surface area contributed by atoms with Crippen molar-refractivity contribution in [3.8, 4) is 5.88 Å². The van der Waals surface area contributed by atoms with E-state index in [2.05, 4.69) is 10.3 Å². The van der Waals surface area contributed by atoms with Gasteiger partial charge in [-0.2, -0.15) is 0 Å². The van der Waals surface area contributed by atoms with Crippen LogP contribution in [0.25, 0.3) is 0 Å². The van der Waals surface area contributed by atoms with Crippen molar-refractivity contribution in [2.24, 2.45) is 0 Å². The maximum absolute atomic E-state index is 10.5. The van der Waals surface area contributed by atoms with E-state index in [4.69, 9.17) is 9.47 Å². The fourth-order valence-electron chi connectivity index (χ4n) is 1.50. The first-order valence-electron chi connectivity index (χ1n) is 5.31. The van der Waals surface area contributed by atoms with Crippen molar-refractivity contribution in [1.29, 1.82) is 0 Å². The molecular weight excluding hydrogens is 226 g/mol. The molecule has 0 radical (unpaired) electrons. The van der Waals surface area contributed by atoms with Crippen molar-refractivity contribution in [1.82, 2.24) is 10.3 Å². The van der Waals surface area contributed by atoms with E-state index in [1.54, 1.807) is 0 Å². The highest BCUT2D eigenvalue weighted by molar-refractivity contribution is 5.32. The lowest BCUT2D eigenvalue weighted by Crippen LogP contribution is -2.41. The Bertz CT molecular complexity index is 393. The number of rotatable bonds is 4. The van der Waals surface area contributed by atoms with Gasteiger partial charge in [0.05, 0.1) is 17.6 Å². The molecule has 1 saturated heterocycles. The van der Waals surface area contributed by atoms with E-state index in [0.717, 1.165) is 13.1 Å². The number of nitrogens with one attached hydrogen (secondary N) is 1. The molecule has 92 valence electrons. The number of ether oxygens (including phenoxy) is 2. The van der Waals surface area contributed by atoms with E-state index in [0.29, 0.717) is 13.2 Å². The SMILES string of the molecule is O=[N+]([O-])c1ccnc(OCC2CNCCO2)c1. The van der Waals surface area contributed by atoms with E-state index in [9.17, 15) is 10.1 Å². The molecule has 2 heterocycles. The van der Waals surface area contributed by atoms with Gasteiger partial charge in [-0.05, 0) is 0 Å². The summed E-state index contributed by atoms with van der Waals surface area (Å²) >= 11 is 0. The first-order valence-corrected chi connectivity index (χ1v) is 5.31. The fraction of sp³-hybridized carbons (Fsp3) is 0.500. The molecule has 0 aliphatic carbocycles. The second-order valence-corrected chi connectivity index (χ2v) is 3.62. The smallest absolute Gasteiger partial charge is 0.276 e. The molecule has 2 rings (SSSR count). The van der Waals surface area contributed by atoms with Gasteiger partial charge in [0, 0.05) is 25.4 Å². The van der Waals surface area contributed by atoms with Crippen LogP contribution in [-0.2, 0) is 4.74 Å². The van der Waals surface area contributed by atoms with Gasteiger partial charge in [-0.1, -0.05) is 0 Å². The first kappa shape index (κ1) is 11.7. The van der Waals surface area contributed by atoms with Crippen LogP contribution in [0, 0.1) is 10.1 Å². The molecule has 7 nitrogen and oxygen atoms in total. The Morgan fingerprint density at radius 3 is 3.29 bits per heavy atom. The van der Waals surface area contributed by atoms with Crippen LogP contribution in [0.2, 0.25) is 0 Å². The zero-order valence-electron chi connectivity index (χ0n) is 9.17. The molecule has 1 aliphatic rings. The van der Waals surface area contributed by atoms with Gasteiger partial charge in [-0.25, -0.2) is 4.98 Å². The Labute approximate surface area is 97.9 Å². The van der Waals surface area contributed by atoms with Crippen LogP contribution >= 0.6 is 0 Å². The minimum atomic E-state index is -0.479. The molecule has 1 N–H and O–H groups in total. The maximum Gasteiger partial charge on any atom is 0.276 e. The van der Waals surface area contributed by atoms with Gasteiger partial charge >= 0.3 is 0 Å². The van der Waals surface area contributed by atoms with Gasteiger partial charge in [0.25, 0.3) is 5.69 Å². The van der Waals surface area contributed by atoms with Crippen molar-refractivity contribution in [3.05, 3.63) is 28.4 Å². The molecule has 1 atom stereocenters. The normalized spacial score (nSPS) is 19.9. The number of morpholine rings is 1. The average molecular weight is 239 g/mol. The third-order valence-corrected chi connectivity index (χ3v) is 2.35. The second kappa shape index (κ2) is 5.55. The molecule has 0 saturated carbocycles. The lowest BCUT2D eigenvalue weighted by molar-refractivity contribution is -0.385. The summed E-state index contributed by atoms with van der Waals surface area (Å²) in [5.41, 5.74) is -0.0299. The molecule has 1 unspecified atom stereocenters. The second-order valence-electron chi connectivity index (χ2n) is 3.62. The van der Waals surface area contributed by atoms with Crippen LogP contribution < -0.4 is 10.1 Å². The topological polar surface area (TPSA) is 86.5 Å². The lowest BCUT2D eigenvalue weighted by atomic mass is 10.3. The van der Waals surface area contributed by atoms with Crippen molar-refractivity contribution in [3.63, 3.8) is 0 Å². The van der Waals surface area contributed by atoms with Crippen molar-refractivity contribution >= 4 is 5.69 Å². The Morgan fingerprint density at radius 1 is 1.71 bits per heavy atom. The Balaban J connectivity index is 1.89. The summed E-state index contributed by atoms with van der Waals surface area (Å²) in [4.78, 5) is 14.0. The first-order chi connectivity index (χ1) is 8.25. The Kier molecular flexibility index (Phi) is 3.84. The molecular formula is C10H13N3O4. The molecule has 1 aromatic rings. The van der Waals surface area contributed by atoms with Crippen molar-refractivity contribution in [2.45, 2.75) is 6.10 Å². The van der Waals surface area contributed by atoms with Gasteiger partial charge in [-0.15, -0.1) is 0 Å². The predicted molar refractivity (Wildman–Crippen MR) is 59.0 cm³/mol. The van der Waals surface area contributed by atoms with E-state index < -0.39 is 4.92 Å². The lowest BCUT2D eigenvalue weighted by Gasteiger charge is -2.23. The number of hydrogen-bond donors (Lipinski definition) is 1. The minimum Gasteiger partial charge on any atom is -0.475 e. The van der Waals surface area contributed by atoms with Crippen LogP contribution in [0.4, 0.5) is 5.69 Å². The molecule has 1 aromatic heterocycles. The fourth-order valence-corrected chi connectivity index (χ4v) is 1.50. The summed E-state index contributed by atoms with van der Waals surface area (Å²) in [5, 5.41) is 13.7. The van der Waals surface area contributed by atoms with Gasteiger partial charge in [0.2, 0.25) is 5.88 Å². The van der Waals surface area contributed by atoms with Gasteiger partial charge in [-0.3, -0.25) is 10.1 Å². The highest BCUT2D eigenvalue weighted by atomic mass is 16.6. The maximum atomic E-state index is 10.5. The number of nitro groups is 1. The third-order valence-electron chi connectivity index (χ3n) is 2.35. The minimum absolute atomic E-state index is 0.0299. The van der Waals surface area contributed by atoms with E-state index >= 15 is 0 Å². The number of aromatic nitrogens is 1. The molecule has 17 heavy (non-hydrogen) atoms. The molecule has 1 fully saturated rings. The zero-order valence-corrected chi connectivity index (χ0v) is 9.17. The van der Waals surface area contributed by atoms with Crippen LogP contribution in [-0.4, -0.2) is 42.3 Å². The van der Waals surface area contributed by atoms with Crippen LogP contribution in [0.3, 0.4) is 0 Å². The molecule has 1 aliphatic heterocycles. The molecule has 0 spiro atoms. The highest BCUT2D eigenvalue weighted by Gasteiger charge is 2.15. The van der Waals surface area contributed by atoms with Crippen LogP contribution in [0.15, 0.2) is 18.3 Å². The third kappa shape index (κ3) is 3.36. The molecule has 0 aromatic carbocycles. The van der Waals surface area contributed by atoms with Crippen molar-refractivity contribution in [2.75, 3.05) is 26.3 Å². The number of nitrogens with zero attached hydrogens (tertiary/aromatic N) is 2. The largest absolute Gasteiger partial charge is 0.475 e. The molecule has 0 bridgehead atoms. The van der Waals surface area contributed by atoms with E-state index in [-0.39, 0.29) is 17.7 Å². The number of pyridine rings is 1. The highest BCUT2D eigenvalue weighted by Crippen LogP contribution is 2.16. The summed E-state index contributed by atoms with van der Waals surface area (Å²) < 4.78 is 10.8. The number of hydrogen-bond acceptors (Lipinski definition) is 6. The summed E-state index contributed by atoms with van der Waals surface area (Å²) in [6.45, 7) is 2.54. The Hall–Kier alpha value is -1.73. The summed E-state index contributed by atoms with van der Waals surface area (Å²) in [7, 11) is 0.